The van der Waals surface area contributed by atoms with Crippen molar-refractivity contribution >= 4 is 11.9 Å². The predicted octanol–water partition coefficient (Wildman–Crippen LogP) is -0.197. The van der Waals surface area contributed by atoms with Crippen LogP contribution < -0.4 is 16.0 Å². The Morgan fingerprint density at radius 2 is 1.47 bits per heavy atom. The van der Waals surface area contributed by atoms with E-state index in [0.29, 0.717) is 13.0 Å². The molecule has 0 aliphatic rings. The Kier molecular flexibility index (Phi) is 15.9. The third-order valence-electron chi connectivity index (χ3n) is 1.82. The number of carboxylic acids is 1. The van der Waals surface area contributed by atoms with Gasteiger partial charge >= 0.3 is 5.97 Å². The summed E-state index contributed by atoms with van der Waals surface area (Å²) in [5.41, 5.74) is 0. The molecule has 0 saturated heterocycles. The zero-order valence-electron chi connectivity index (χ0n) is 11.0. The summed E-state index contributed by atoms with van der Waals surface area (Å²) in [5, 5.41) is 16.6. The molecule has 0 heterocycles. The van der Waals surface area contributed by atoms with Crippen LogP contribution in [0.25, 0.3) is 0 Å². The van der Waals surface area contributed by atoms with E-state index in [0.717, 1.165) is 19.6 Å². The van der Waals surface area contributed by atoms with Crippen molar-refractivity contribution in [2.75, 3.05) is 33.2 Å². The highest BCUT2D eigenvalue weighted by molar-refractivity contribution is 5.75. The summed E-state index contributed by atoms with van der Waals surface area (Å²) in [5.74, 6) is -0.651. The Labute approximate surface area is 103 Å². The molecule has 0 atom stereocenters. The molecule has 6 nitrogen and oxygen atoms in total. The summed E-state index contributed by atoms with van der Waals surface area (Å²) in [6.07, 6.45) is 0.790. The van der Waals surface area contributed by atoms with Gasteiger partial charge in [-0.15, -0.1) is 0 Å². The number of hydrogen-bond acceptors (Lipinski definition) is 4. The van der Waals surface area contributed by atoms with Crippen molar-refractivity contribution in [3.8, 4) is 0 Å². The first-order chi connectivity index (χ1) is 8.08. The number of carbonyl (C=O) groups is 2. The fraction of sp³-hybridized carbons (Fsp3) is 0.818. The van der Waals surface area contributed by atoms with Crippen molar-refractivity contribution in [1.82, 2.24) is 16.0 Å². The molecule has 0 aromatic heterocycles. The topological polar surface area (TPSA) is 90.5 Å². The normalized spacial score (nSPS) is 9.12. The van der Waals surface area contributed by atoms with Crippen molar-refractivity contribution in [1.29, 1.82) is 0 Å². The van der Waals surface area contributed by atoms with Crippen molar-refractivity contribution in [3.63, 3.8) is 0 Å². The Morgan fingerprint density at radius 1 is 1.00 bits per heavy atom. The van der Waals surface area contributed by atoms with Gasteiger partial charge in [-0.25, -0.2) is 0 Å². The molecule has 1 amide bonds. The lowest BCUT2D eigenvalue weighted by molar-refractivity contribution is -0.136. The SMILES string of the molecule is CCNCCC(=O)NC.CCNCCC(=O)O. The van der Waals surface area contributed by atoms with Gasteiger partial charge < -0.3 is 21.1 Å². The standard InChI is InChI=1S/C6H14N2O.C5H11NO2/c1-3-8-5-4-6(9)7-2;1-2-6-4-3-5(7)8/h8H,3-5H2,1-2H3,(H,7,9);6H,2-4H2,1H3,(H,7,8). The lowest BCUT2D eigenvalue weighted by Gasteiger charge is -1.98. The van der Waals surface area contributed by atoms with Gasteiger partial charge in [0, 0.05) is 26.6 Å². The van der Waals surface area contributed by atoms with Crippen LogP contribution >= 0.6 is 0 Å². The van der Waals surface area contributed by atoms with E-state index < -0.39 is 5.97 Å². The highest BCUT2D eigenvalue weighted by atomic mass is 16.4. The summed E-state index contributed by atoms with van der Waals surface area (Å²) in [7, 11) is 1.65. The summed E-state index contributed by atoms with van der Waals surface area (Å²) in [4.78, 5) is 20.4. The van der Waals surface area contributed by atoms with Crippen molar-refractivity contribution < 1.29 is 14.7 Å². The maximum absolute atomic E-state index is 10.5. The third kappa shape index (κ3) is 20.8. The van der Waals surface area contributed by atoms with Gasteiger partial charge in [0.15, 0.2) is 0 Å². The second-order valence-corrected chi connectivity index (χ2v) is 3.27. The summed E-state index contributed by atoms with van der Waals surface area (Å²) in [6.45, 7) is 7.08. The van der Waals surface area contributed by atoms with Crippen molar-refractivity contribution in [2.24, 2.45) is 0 Å². The second-order valence-electron chi connectivity index (χ2n) is 3.27. The van der Waals surface area contributed by atoms with Crippen LogP contribution in [0.15, 0.2) is 0 Å². The third-order valence-corrected chi connectivity index (χ3v) is 1.82. The van der Waals surface area contributed by atoms with Crippen molar-refractivity contribution in [3.05, 3.63) is 0 Å². The largest absolute Gasteiger partial charge is 0.481 e. The van der Waals surface area contributed by atoms with Crippen LogP contribution in [0.1, 0.15) is 26.7 Å². The molecule has 0 spiro atoms. The number of aliphatic carboxylic acids is 1. The van der Waals surface area contributed by atoms with E-state index >= 15 is 0 Å². The molecule has 0 aliphatic heterocycles. The van der Waals surface area contributed by atoms with E-state index in [1.165, 1.54) is 0 Å². The highest BCUT2D eigenvalue weighted by Crippen LogP contribution is 1.73. The monoisotopic (exact) mass is 247 g/mol. The molecule has 4 N–H and O–H groups in total. The molecule has 0 aromatic carbocycles. The van der Waals surface area contributed by atoms with E-state index in [-0.39, 0.29) is 12.3 Å². The lowest BCUT2D eigenvalue weighted by atomic mass is 10.4. The zero-order valence-corrected chi connectivity index (χ0v) is 11.0. The van der Waals surface area contributed by atoms with Gasteiger partial charge in [0.05, 0.1) is 6.42 Å². The fourth-order valence-corrected chi connectivity index (χ4v) is 0.876. The first-order valence-corrected chi connectivity index (χ1v) is 5.92. The summed E-state index contributed by atoms with van der Waals surface area (Å²) >= 11 is 0. The summed E-state index contributed by atoms with van der Waals surface area (Å²) in [6, 6.07) is 0. The number of carbonyl (C=O) groups excluding carboxylic acids is 1. The van der Waals surface area contributed by atoms with Gasteiger partial charge in [0.2, 0.25) is 5.91 Å². The van der Waals surface area contributed by atoms with Crippen LogP contribution in [0.4, 0.5) is 0 Å². The number of hydrogen-bond donors (Lipinski definition) is 4. The predicted molar refractivity (Wildman–Crippen MR) is 68.0 cm³/mol. The zero-order chi connectivity index (χ0) is 13.5. The minimum absolute atomic E-state index is 0.0935. The van der Waals surface area contributed by atoms with Crippen LogP contribution in [0.5, 0.6) is 0 Å². The van der Waals surface area contributed by atoms with E-state index in [1.54, 1.807) is 7.05 Å². The van der Waals surface area contributed by atoms with Gasteiger partial charge in [-0.1, -0.05) is 13.8 Å². The first kappa shape index (κ1) is 18.2. The van der Waals surface area contributed by atoms with Crippen LogP contribution in [0.2, 0.25) is 0 Å². The van der Waals surface area contributed by atoms with Crippen LogP contribution in [0.3, 0.4) is 0 Å². The molecule has 0 bridgehead atoms. The fourth-order valence-electron chi connectivity index (χ4n) is 0.876. The van der Waals surface area contributed by atoms with E-state index in [2.05, 4.69) is 16.0 Å². The highest BCUT2D eigenvalue weighted by Gasteiger charge is 1.93. The molecule has 0 rings (SSSR count). The lowest BCUT2D eigenvalue weighted by Crippen LogP contribution is -2.24. The molecule has 0 fully saturated rings. The molecule has 0 aliphatic carbocycles. The number of amides is 1. The van der Waals surface area contributed by atoms with Crippen LogP contribution in [-0.2, 0) is 9.59 Å². The molecule has 0 aromatic rings. The Hall–Kier alpha value is -1.14. The van der Waals surface area contributed by atoms with E-state index in [4.69, 9.17) is 5.11 Å². The Bertz CT molecular complexity index is 198. The molecule has 0 unspecified atom stereocenters. The molecule has 0 saturated carbocycles. The average molecular weight is 247 g/mol. The smallest absolute Gasteiger partial charge is 0.304 e. The summed E-state index contributed by atoms with van der Waals surface area (Å²) < 4.78 is 0. The van der Waals surface area contributed by atoms with Crippen LogP contribution in [-0.4, -0.2) is 50.2 Å². The molecule has 17 heavy (non-hydrogen) atoms. The van der Waals surface area contributed by atoms with E-state index in [1.807, 2.05) is 13.8 Å². The van der Waals surface area contributed by atoms with Crippen LogP contribution in [0, 0.1) is 0 Å². The average Bonchev–Trinajstić information content (AvgIpc) is 2.30. The van der Waals surface area contributed by atoms with Gasteiger partial charge in [0.1, 0.15) is 0 Å². The second kappa shape index (κ2) is 14.9. The van der Waals surface area contributed by atoms with Gasteiger partial charge in [0.25, 0.3) is 0 Å². The molecule has 6 heteroatoms. The number of nitrogens with one attached hydrogen (secondary N) is 3. The first-order valence-electron chi connectivity index (χ1n) is 5.92. The van der Waals surface area contributed by atoms with Gasteiger partial charge in [-0.3, -0.25) is 9.59 Å². The Balaban J connectivity index is 0. The number of carboxylic acid groups (broad SMARTS) is 1. The molecule has 102 valence electrons. The minimum Gasteiger partial charge on any atom is -0.481 e. The van der Waals surface area contributed by atoms with Crippen molar-refractivity contribution in [2.45, 2.75) is 26.7 Å². The molecular formula is C11H25N3O3. The van der Waals surface area contributed by atoms with Gasteiger partial charge in [-0.05, 0) is 13.1 Å². The molecule has 0 radical (unpaired) electrons. The number of rotatable bonds is 8. The minimum atomic E-state index is -0.744. The molecular weight excluding hydrogens is 222 g/mol. The Morgan fingerprint density at radius 3 is 1.82 bits per heavy atom. The van der Waals surface area contributed by atoms with E-state index in [9.17, 15) is 9.59 Å². The van der Waals surface area contributed by atoms with Gasteiger partial charge in [-0.2, -0.15) is 0 Å². The maximum Gasteiger partial charge on any atom is 0.304 e. The quantitative estimate of drug-likeness (QED) is 0.446. The maximum atomic E-state index is 10.5.